The highest BCUT2D eigenvalue weighted by atomic mass is 14.9. The molecule has 14 heavy (non-hydrogen) atoms. The van der Waals surface area contributed by atoms with Gasteiger partial charge in [0.15, 0.2) is 0 Å². The van der Waals surface area contributed by atoms with Gasteiger partial charge in [0.1, 0.15) is 6.07 Å². The predicted molar refractivity (Wildman–Crippen MR) is 55.7 cm³/mol. The van der Waals surface area contributed by atoms with Crippen molar-refractivity contribution in [1.29, 1.82) is 5.26 Å². The van der Waals surface area contributed by atoms with E-state index in [0.29, 0.717) is 12.1 Å². The van der Waals surface area contributed by atoms with Crippen molar-refractivity contribution >= 4 is 10.9 Å². The van der Waals surface area contributed by atoms with E-state index in [2.05, 4.69) is 18.8 Å². The van der Waals surface area contributed by atoms with Crippen molar-refractivity contribution in [3.05, 3.63) is 48.7 Å². The lowest BCUT2D eigenvalue weighted by atomic mass is 10.2. The van der Waals surface area contributed by atoms with Gasteiger partial charge in [0.25, 0.3) is 0 Å². The Morgan fingerprint density at radius 2 is 2.29 bits per heavy atom. The van der Waals surface area contributed by atoms with E-state index in [0.717, 1.165) is 10.9 Å². The van der Waals surface area contributed by atoms with E-state index in [9.17, 15) is 0 Å². The molecule has 0 amide bonds. The Bertz CT molecular complexity index is 515. The lowest BCUT2D eigenvalue weighted by Gasteiger charge is -1.98. The average molecular weight is 181 g/mol. The van der Waals surface area contributed by atoms with E-state index >= 15 is 0 Å². The third-order valence-corrected chi connectivity index (χ3v) is 2.13. The van der Waals surface area contributed by atoms with Gasteiger partial charge < -0.3 is 4.57 Å². The third kappa shape index (κ3) is 1.20. The molecule has 0 N–H and O–H groups in total. The van der Waals surface area contributed by atoms with Crippen LogP contribution in [0.4, 0.5) is 0 Å². The number of hydrogen-bond donors (Lipinski definition) is 0. The first kappa shape index (κ1) is 8.58. The summed E-state index contributed by atoms with van der Waals surface area (Å²) in [5.41, 5.74) is 1.63. The van der Waals surface area contributed by atoms with Crippen LogP contribution >= 0.6 is 0 Å². The molecule has 2 aromatic rings. The molecule has 2 heteroatoms. The van der Waals surface area contributed by atoms with Crippen LogP contribution in [-0.4, -0.2) is 4.57 Å². The fraction of sp³-hybridized carbons (Fsp3) is 0.0833. The van der Waals surface area contributed by atoms with Crippen LogP contribution in [0.1, 0.15) is 5.56 Å². The molecule has 1 heterocycles. The van der Waals surface area contributed by atoms with Gasteiger partial charge >= 0.3 is 0 Å². The second-order valence-electron chi connectivity index (χ2n) is 3.02. The van der Waals surface area contributed by atoms with E-state index in [1.165, 1.54) is 0 Å². The molecule has 2 nitrogen and oxygen atoms in total. The summed E-state index contributed by atoms with van der Waals surface area (Å²) < 4.78 is 1.90. The molecule has 1 aromatic carbocycles. The minimum atomic E-state index is 0.599. The van der Waals surface area contributed by atoms with Crippen LogP contribution in [0.25, 0.3) is 10.9 Å². The van der Waals surface area contributed by atoms with Gasteiger partial charge in [-0.3, -0.25) is 0 Å². The second-order valence-corrected chi connectivity index (χ2v) is 3.02. The van der Waals surface area contributed by atoms with Crippen molar-refractivity contribution in [3.63, 3.8) is 0 Å². The number of aromatic nitrogens is 1. The van der Waals surface area contributed by atoms with Crippen molar-refractivity contribution in [2.75, 3.05) is 0 Å². The second kappa shape index (κ2) is 3.39. The van der Waals surface area contributed by atoms with Crippen molar-refractivity contribution in [1.82, 2.24) is 4.57 Å². The molecular formula is C12H9N2. The maximum absolute atomic E-state index is 8.90. The molecule has 0 spiro atoms. The van der Waals surface area contributed by atoms with Gasteiger partial charge in [-0.15, -0.1) is 6.58 Å². The van der Waals surface area contributed by atoms with Gasteiger partial charge in [0, 0.05) is 11.9 Å². The summed E-state index contributed by atoms with van der Waals surface area (Å²) in [4.78, 5) is 0. The number of nitriles is 1. The van der Waals surface area contributed by atoms with Gasteiger partial charge in [0.2, 0.25) is 0 Å². The minimum Gasteiger partial charge on any atom is -0.334 e. The third-order valence-electron chi connectivity index (χ3n) is 2.13. The highest BCUT2D eigenvalue weighted by molar-refractivity contribution is 5.86. The summed E-state index contributed by atoms with van der Waals surface area (Å²) in [6, 6.07) is 9.94. The Morgan fingerprint density at radius 1 is 1.50 bits per heavy atom. The monoisotopic (exact) mass is 181 g/mol. The SMILES string of the molecule is C=CCn1[c]c(C#N)c2ccccc21. The van der Waals surface area contributed by atoms with Gasteiger partial charge in [0.05, 0.1) is 17.3 Å². The van der Waals surface area contributed by atoms with E-state index in [4.69, 9.17) is 5.26 Å². The lowest BCUT2D eigenvalue weighted by Crippen LogP contribution is -1.91. The number of benzene rings is 1. The first-order valence-corrected chi connectivity index (χ1v) is 4.38. The van der Waals surface area contributed by atoms with Crippen molar-refractivity contribution in [3.8, 4) is 6.07 Å². The zero-order valence-electron chi connectivity index (χ0n) is 7.70. The Labute approximate surface area is 82.7 Å². The summed E-state index contributed by atoms with van der Waals surface area (Å²) in [5.74, 6) is 0. The molecule has 0 atom stereocenters. The number of nitrogens with zero attached hydrogens (tertiary/aromatic N) is 2. The van der Waals surface area contributed by atoms with Gasteiger partial charge in [-0.25, -0.2) is 0 Å². The largest absolute Gasteiger partial charge is 0.334 e. The molecule has 0 fully saturated rings. The predicted octanol–water partition coefficient (Wildman–Crippen LogP) is 2.50. The Morgan fingerprint density at radius 3 is 3.00 bits per heavy atom. The molecule has 0 saturated carbocycles. The zero-order valence-corrected chi connectivity index (χ0v) is 7.70. The Balaban J connectivity index is 2.74. The molecule has 0 aliphatic rings. The van der Waals surface area contributed by atoms with Crippen LogP contribution in [0.3, 0.4) is 0 Å². The van der Waals surface area contributed by atoms with Gasteiger partial charge in [-0.2, -0.15) is 5.26 Å². The van der Waals surface area contributed by atoms with Crippen molar-refractivity contribution < 1.29 is 0 Å². The first-order valence-electron chi connectivity index (χ1n) is 4.38. The Hall–Kier alpha value is -2.01. The van der Waals surface area contributed by atoms with E-state index in [1.54, 1.807) is 6.08 Å². The number of para-hydroxylation sites is 1. The number of hydrogen-bond acceptors (Lipinski definition) is 1. The summed E-state index contributed by atoms with van der Waals surface area (Å²) in [7, 11) is 0. The minimum absolute atomic E-state index is 0.599. The molecule has 0 bridgehead atoms. The zero-order chi connectivity index (χ0) is 9.97. The van der Waals surface area contributed by atoms with Crippen LogP contribution in [0, 0.1) is 17.5 Å². The number of allylic oxidation sites excluding steroid dienone is 1. The molecule has 0 unspecified atom stereocenters. The molecule has 2 rings (SSSR count). The van der Waals surface area contributed by atoms with Crippen LogP contribution < -0.4 is 0 Å². The summed E-state index contributed by atoms with van der Waals surface area (Å²) in [6.45, 7) is 4.36. The van der Waals surface area contributed by atoms with Crippen molar-refractivity contribution in [2.45, 2.75) is 6.54 Å². The Kier molecular flexibility index (Phi) is 2.08. The number of fused-ring (bicyclic) bond motifs is 1. The van der Waals surface area contributed by atoms with Gasteiger partial charge in [-0.05, 0) is 6.07 Å². The first-order chi connectivity index (χ1) is 6.86. The van der Waals surface area contributed by atoms with Crippen LogP contribution in [-0.2, 0) is 6.54 Å². The van der Waals surface area contributed by atoms with E-state index in [-0.39, 0.29) is 0 Å². The standard InChI is InChI=1S/C12H9N2/c1-2-7-14-9-10(8-13)11-5-3-4-6-12(11)14/h2-6H,1,7H2. The maximum Gasteiger partial charge on any atom is 0.102 e. The number of rotatable bonds is 2. The molecule has 1 radical (unpaired) electrons. The summed E-state index contributed by atoms with van der Waals surface area (Å²) in [5, 5.41) is 9.85. The molecular weight excluding hydrogens is 172 g/mol. The fourth-order valence-electron chi connectivity index (χ4n) is 1.53. The van der Waals surface area contributed by atoms with Crippen LogP contribution in [0.5, 0.6) is 0 Å². The topological polar surface area (TPSA) is 28.7 Å². The fourth-order valence-corrected chi connectivity index (χ4v) is 1.53. The quantitative estimate of drug-likeness (QED) is 0.654. The molecule has 1 aromatic heterocycles. The lowest BCUT2D eigenvalue weighted by molar-refractivity contribution is 0.857. The molecule has 0 saturated heterocycles. The van der Waals surface area contributed by atoms with Crippen molar-refractivity contribution in [2.24, 2.45) is 0 Å². The van der Waals surface area contributed by atoms with E-state index < -0.39 is 0 Å². The molecule has 0 aliphatic heterocycles. The maximum atomic E-state index is 8.90. The smallest absolute Gasteiger partial charge is 0.102 e. The van der Waals surface area contributed by atoms with Crippen LogP contribution in [0.15, 0.2) is 36.9 Å². The highest BCUT2D eigenvalue weighted by Crippen LogP contribution is 2.19. The van der Waals surface area contributed by atoms with Crippen LogP contribution in [0.2, 0.25) is 0 Å². The molecule has 0 aliphatic carbocycles. The van der Waals surface area contributed by atoms with Gasteiger partial charge in [-0.1, -0.05) is 24.3 Å². The summed E-state index contributed by atoms with van der Waals surface area (Å²) in [6.07, 6.45) is 4.82. The average Bonchev–Trinajstić information content (AvgIpc) is 2.58. The molecule has 67 valence electrons. The van der Waals surface area contributed by atoms with E-state index in [1.807, 2.05) is 28.8 Å². The summed E-state index contributed by atoms with van der Waals surface area (Å²) >= 11 is 0. The highest BCUT2D eigenvalue weighted by Gasteiger charge is 2.06. The normalized spacial score (nSPS) is 9.93.